The largest absolute Gasteiger partial charge is 0.466 e. The maximum Gasteiger partial charge on any atom is 0.413 e. The Morgan fingerprint density at radius 1 is 1.36 bits per heavy atom. The highest BCUT2D eigenvalue weighted by Gasteiger charge is 2.45. The molecular formula is C16H22N2O4. The number of ether oxygens (including phenoxy) is 2. The van der Waals surface area contributed by atoms with Gasteiger partial charge in [-0.3, -0.25) is 10.1 Å². The van der Waals surface area contributed by atoms with Crippen molar-refractivity contribution in [1.82, 2.24) is 4.98 Å². The van der Waals surface area contributed by atoms with E-state index in [4.69, 9.17) is 9.47 Å². The van der Waals surface area contributed by atoms with E-state index in [1.165, 1.54) is 0 Å². The van der Waals surface area contributed by atoms with Gasteiger partial charge in [0.25, 0.3) is 0 Å². The quantitative estimate of drug-likeness (QED) is 0.865. The highest BCUT2D eigenvalue weighted by atomic mass is 16.6. The highest BCUT2D eigenvalue weighted by molar-refractivity contribution is 5.83. The standard InChI is InChI=1S/C16H22N2O4/c1-5-21-14(19)12-8-11(12)10-6-7-13(17-9-10)18-15(20)22-16(2,3)4/h6-7,9,11-12H,5,8H2,1-4H3,(H,17,18,20)/t11?,12-/m0/s1. The van der Waals surface area contributed by atoms with Crippen LogP contribution in [0.15, 0.2) is 18.3 Å². The number of amides is 1. The van der Waals surface area contributed by atoms with E-state index >= 15 is 0 Å². The Morgan fingerprint density at radius 3 is 2.64 bits per heavy atom. The minimum atomic E-state index is -0.551. The first kappa shape index (κ1) is 16.3. The van der Waals surface area contributed by atoms with Gasteiger partial charge >= 0.3 is 12.1 Å². The molecule has 0 aromatic carbocycles. The molecule has 1 heterocycles. The van der Waals surface area contributed by atoms with E-state index in [9.17, 15) is 9.59 Å². The number of anilines is 1. The molecule has 1 unspecified atom stereocenters. The second-order valence-corrected chi connectivity index (χ2v) is 6.30. The summed E-state index contributed by atoms with van der Waals surface area (Å²) >= 11 is 0. The van der Waals surface area contributed by atoms with Gasteiger partial charge in [-0.2, -0.15) is 0 Å². The first-order valence-corrected chi connectivity index (χ1v) is 7.42. The van der Waals surface area contributed by atoms with Gasteiger partial charge < -0.3 is 9.47 Å². The lowest BCUT2D eigenvalue weighted by Crippen LogP contribution is -2.27. The van der Waals surface area contributed by atoms with Gasteiger partial charge in [-0.15, -0.1) is 0 Å². The number of carbonyl (C=O) groups excluding carboxylic acids is 2. The maximum absolute atomic E-state index is 11.6. The molecule has 1 saturated carbocycles. The molecule has 1 aromatic rings. The fourth-order valence-electron chi connectivity index (χ4n) is 2.18. The number of hydrogen-bond donors (Lipinski definition) is 1. The third kappa shape index (κ3) is 4.44. The minimum absolute atomic E-state index is 0.0635. The average Bonchev–Trinajstić information content (AvgIpc) is 3.18. The summed E-state index contributed by atoms with van der Waals surface area (Å²) in [4.78, 5) is 27.4. The Labute approximate surface area is 130 Å². The summed E-state index contributed by atoms with van der Waals surface area (Å²) in [5.74, 6) is 0.378. The third-order valence-electron chi connectivity index (χ3n) is 3.22. The van der Waals surface area contributed by atoms with Crippen LogP contribution >= 0.6 is 0 Å². The Kier molecular flexibility index (Phi) is 4.68. The maximum atomic E-state index is 11.6. The fraction of sp³-hybridized carbons (Fsp3) is 0.562. The van der Waals surface area contributed by atoms with Crippen molar-refractivity contribution < 1.29 is 19.1 Å². The molecule has 2 rings (SSSR count). The van der Waals surface area contributed by atoms with Crippen LogP contribution in [0.5, 0.6) is 0 Å². The molecule has 0 radical (unpaired) electrons. The van der Waals surface area contributed by atoms with Crippen molar-refractivity contribution in [2.24, 2.45) is 5.92 Å². The van der Waals surface area contributed by atoms with Crippen LogP contribution in [0.2, 0.25) is 0 Å². The van der Waals surface area contributed by atoms with Crippen LogP contribution in [-0.4, -0.2) is 29.3 Å². The Morgan fingerprint density at radius 2 is 2.09 bits per heavy atom. The van der Waals surface area contributed by atoms with E-state index in [1.807, 2.05) is 6.07 Å². The number of aromatic nitrogens is 1. The molecule has 0 aliphatic heterocycles. The second-order valence-electron chi connectivity index (χ2n) is 6.30. The van der Waals surface area contributed by atoms with Crippen LogP contribution in [0.4, 0.5) is 10.6 Å². The van der Waals surface area contributed by atoms with Gasteiger partial charge in [0.2, 0.25) is 0 Å². The number of pyridine rings is 1. The summed E-state index contributed by atoms with van der Waals surface area (Å²) < 4.78 is 10.2. The van der Waals surface area contributed by atoms with E-state index in [0.717, 1.165) is 12.0 Å². The van der Waals surface area contributed by atoms with E-state index in [2.05, 4.69) is 10.3 Å². The molecule has 0 saturated heterocycles. The molecule has 6 nitrogen and oxygen atoms in total. The lowest BCUT2D eigenvalue weighted by atomic mass is 10.1. The van der Waals surface area contributed by atoms with Crippen molar-refractivity contribution in [2.45, 2.75) is 45.6 Å². The predicted octanol–water partition coefficient (Wildman–Crippen LogP) is 3.10. The molecule has 1 N–H and O–H groups in total. The van der Waals surface area contributed by atoms with E-state index in [1.54, 1.807) is 40.0 Å². The van der Waals surface area contributed by atoms with Gasteiger partial charge in [-0.05, 0) is 51.7 Å². The first-order valence-electron chi connectivity index (χ1n) is 7.42. The number of esters is 1. The van der Waals surface area contributed by atoms with Gasteiger partial charge in [-0.25, -0.2) is 9.78 Å². The summed E-state index contributed by atoms with van der Waals surface area (Å²) in [6.45, 7) is 7.59. The normalized spacial score (nSPS) is 20.2. The summed E-state index contributed by atoms with van der Waals surface area (Å²) in [6, 6.07) is 3.57. The van der Waals surface area contributed by atoms with Crippen molar-refractivity contribution in [3.8, 4) is 0 Å². The van der Waals surface area contributed by atoms with Gasteiger partial charge in [0, 0.05) is 6.20 Å². The molecule has 1 amide bonds. The van der Waals surface area contributed by atoms with E-state index < -0.39 is 11.7 Å². The summed E-state index contributed by atoms with van der Waals surface area (Å²) in [5, 5.41) is 2.58. The second kappa shape index (κ2) is 6.34. The van der Waals surface area contributed by atoms with E-state index in [0.29, 0.717) is 12.4 Å². The van der Waals surface area contributed by atoms with Gasteiger partial charge in [-0.1, -0.05) is 6.07 Å². The minimum Gasteiger partial charge on any atom is -0.466 e. The monoisotopic (exact) mass is 306 g/mol. The van der Waals surface area contributed by atoms with Gasteiger partial charge in [0.05, 0.1) is 12.5 Å². The topological polar surface area (TPSA) is 77.5 Å². The molecule has 1 aliphatic carbocycles. The Balaban J connectivity index is 1.89. The average molecular weight is 306 g/mol. The molecule has 2 atom stereocenters. The number of nitrogens with one attached hydrogen (secondary N) is 1. The number of rotatable bonds is 4. The number of carbonyl (C=O) groups is 2. The SMILES string of the molecule is CCOC(=O)[C@H]1CC1c1ccc(NC(=O)OC(C)(C)C)nc1. The predicted molar refractivity (Wildman–Crippen MR) is 81.6 cm³/mol. The Bertz CT molecular complexity index is 548. The molecule has 1 fully saturated rings. The van der Waals surface area contributed by atoms with Crippen LogP contribution in [0.1, 0.15) is 45.6 Å². The summed E-state index contributed by atoms with van der Waals surface area (Å²) in [6.07, 6.45) is 1.93. The van der Waals surface area contributed by atoms with Crippen LogP contribution < -0.4 is 5.32 Å². The van der Waals surface area contributed by atoms with Crippen molar-refractivity contribution >= 4 is 17.9 Å². The van der Waals surface area contributed by atoms with Crippen LogP contribution in [0, 0.1) is 5.92 Å². The third-order valence-corrected chi connectivity index (χ3v) is 3.22. The zero-order valence-corrected chi connectivity index (χ0v) is 13.4. The molecular weight excluding hydrogens is 284 g/mol. The van der Waals surface area contributed by atoms with Gasteiger partial charge in [0.1, 0.15) is 11.4 Å². The van der Waals surface area contributed by atoms with Crippen LogP contribution in [0.25, 0.3) is 0 Å². The Hall–Kier alpha value is -2.11. The number of hydrogen-bond acceptors (Lipinski definition) is 5. The molecule has 0 spiro atoms. The van der Waals surface area contributed by atoms with Crippen molar-refractivity contribution in [3.63, 3.8) is 0 Å². The molecule has 6 heteroatoms. The van der Waals surface area contributed by atoms with Crippen molar-refractivity contribution in [3.05, 3.63) is 23.9 Å². The van der Waals surface area contributed by atoms with E-state index in [-0.39, 0.29) is 17.8 Å². The molecule has 120 valence electrons. The fourth-order valence-corrected chi connectivity index (χ4v) is 2.18. The first-order chi connectivity index (χ1) is 10.3. The molecule has 22 heavy (non-hydrogen) atoms. The van der Waals surface area contributed by atoms with Crippen LogP contribution in [0.3, 0.4) is 0 Å². The zero-order valence-electron chi connectivity index (χ0n) is 13.4. The van der Waals surface area contributed by atoms with Crippen LogP contribution in [-0.2, 0) is 14.3 Å². The van der Waals surface area contributed by atoms with Crippen molar-refractivity contribution in [2.75, 3.05) is 11.9 Å². The van der Waals surface area contributed by atoms with Crippen molar-refractivity contribution in [1.29, 1.82) is 0 Å². The molecule has 1 aliphatic rings. The highest BCUT2D eigenvalue weighted by Crippen LogP contribution is 2.48. The lowest BCUT2D eigenvalue weighted by molar-refractivity contribution is -0.144. The van der Waals surface area contributed by atoms with Gasteiger partial charge in [0.15, 0.2) is 0 Å². The molecule has 1 aromatic heterocycles. The summed E-state index contributed by atoms with van der Waals surface area (Å²) in [7, 11) is 0. The lowest BCUT2D eigenvalue weighted by Gasteiger charge is -2.19. The smallest absolute Gasteiger partial charge is 0.413 e. The zero-order chi connectivity index (χ0) is 16.3. The molecule has 0 bridgehead atoms. The summed E-state index contributed by atoms with van der Waals surface area (Å²) in [5.41, 5.74) is 0.429. The number of nitrogens with zero attached hydrogens (tertiary/aromatic N) is 1.